The molecule has 1 saturated carbocycles. The quantitative estimate of drug-likeness (QED) is 0.902. The van der Waals surface area contributed by atoms with E-state index in [-0.39, 0.29) is 12.3 Å². The molecule has 1 aromatic carbocycles. The van der Waals surface area contributed by atoms with E-state index in [1.54, 1.807) is 0 Å². The molecular formula is C13H13NO2S. The molecule has 0 saturated heterocycles. The number of aliphatic carboxylic acids is 1. The molecule has 1 atom stereocenters. The monoisotopic (exact) mass is 247 g/mol. The number of benzene rings is 1. The van der Waals surface area contributed by atoms with Crippen molar-refractivity contribution in [1.82, 2.24) is 4.37 Å². The van der Waals surface area contributed by atoms with Crippen LogP contribution in [0.2, 0.25) is 0 Å². The molecule has 3 nitrogen and oxygen atoms in total. The lowest BCUT2D eigenvalue weighted by Crippen LogP contribution is -2.08. The van der Waals surface area contributed by atoms with Crippen molar-refractivity contribution in [2.24, 2.45) is 5.92 Å². The Kier molecular flexibility index (Phi) is 2.59. The second-order valence-electron chi connectivity index (χ2n) is 4.66. The number of nitrogens with zero attached hydrogens (tertiary/aromatic N) is 1. The van der Waals surface area contributed by atoms with Crippen LogP contribution < -0.4 is 0 Å². The van der Waals surface area contributed by atoms with E-state index in [0.29, 0.717) is 5.92 Å². The molecule has 0 amide bonds. The number of rotatable bonds is 4. The summed E-state index contributed by atoms with van der Waals surface area (Å²) in [6.07, 6.45) is 4.43. The highest BCUT2D eigenvalue weighted by molar-refractivity contribution is 7.13. The zero-order valence-electron chi connectivity index (χ0n) is 9.30. The maximum Gasteiger partial charge on any atom is 0.303 e. The van der Waals surface area contributed by atoms with Gasteiger partial charge in [-0.25, -0.2) is 0 Å². The molecule has 1 fully saturated rings. The Hall–Kier alpha value is -1.42. The second-order valence-corrected chi connectivity index (χ2v) is 5.50. The molecule has 1 N–H and O–H groups in total. The summed E-state index contributed by atoms with van der Waals surface area (Å²) in [7, 11) is 0. The summed E-state index contributed by atoms with van der Waals surface area (Å²) in [6, 6.07) is 6.22. The highest BCUT2D eigenvalue weighted by Gasteiger charge is 2.33. The zero-order valence-corrected chi connectivity index (χ0v) is 10.1. The third-order valence-corrected chi connectivity index (χ3v) is 4.17. The van der Waals surface area contributed by atoms with Crippen LogP contribution in [0.3, 0.4) is 0 Å². The zero-order chi connectivity index (χ0) is 11.8. The number of aromatic nitrogens is 1. The van der Waals surface area contributed by atoms with Crippen LogP contribution in [0, 0.1) is 5.92 Å². The Morgan fingerprint density at radius 2 is 2.35 bits per heavy atom. The first-order valence-corrected chi connectivity index (χ1v) is 6.57. The molecule has 0 spiro atoms. The smallest absolute Gasteiger partial charge is 0.303 e. The van der Waals surface area contributed by atoms with E-state index >= 15 is 0 Å². The molecular weight excluding hydrogens is 234 g/mol. The number of fused-ring (bicyclic) bond motifs is 1. The first-order valence-electron chi connectivity index (χ1n) is 5.80. The Morgan fingerprint density at radius 1 is 1.53 bits per heavy atom. The molecule has 4 heteroatoms. The molecule has 1 aromatic heterocycles. The predicted molar refractivity (Wildman–Crippen MR) is 67.3 cm³/mol. The first-order chi connectivity index (χ1) is 8.24. The average Bonchev–Trinajstić information content (AvgIpc) is 3.03. The Balaban J connectivity index is 1.95. The molecule has 88 valence electrons. The van der Waals surface area contributed by atoms with Crippen LogP contribution in [0.4, 0.5) is 0 Å². The molecule has 3 rings (SSSR count). The van der Waals surface area contributed by atoms with Gasteiger partial charge in [0.25, 0.3) is 0 Å². The SMILES string of the molecule is O=C(O)CC(c1ccc2sncc2c1)C1CC1. The van der Waals surface area contributed by atoms with E-state index in [2.05, 4.69) is 22.6 Å². The lowest BCUT2D eigenvalue weighted by Gasteiger charge is -2.14. The van der Waals surface area contributed by atoms with Crippen molar-refractivity contribution in [3.8, 4) is 0 Å². The van der Waals surface area contributed by atoms with Gasteiger partial charge in [0.2, 0.25) is 0 Å². The number of hydrogen-bond acceptors (Lipinski definition) is 3. The molecule has 1 aliphatic carbocycles. The summed E-state index contributed by atoms with van der Waals surface area (Å²) < 4.78 is 5.31. The van der Waals surface area contributed by atoms with E-state index in [0.717, 1.165) is 23.8 Å². The fraction of sp³-hybridized carbons (Fsp3) is 0.385. The van der Waals surface area contributed by atoms with E-state index < -0.39 is 5.97 Å². The number of carboxylic acid groups (broad SMARTS) is 1. The fourth-order valence-corrected chi connectivity index (χ4v) is 2.99. The molecule has 0 aliphatic heterocycles. The van der Waals surface area contributed by atoms with Gasteiger partial charge in [-0.05, 0) is 53.9 Å². The third kappa shape index (κ3) is 2.17. The Labute approximate surface area is 103 Å². The van der Waals surface area contributed by atoms with E-state index in [1.165, 1.54) is 16.2 Å². The van der Waals surface area contributed by atoms with Crippen LogP contribution in [-0.2, 0) is 4.79 Å². The Morgan fingerprint density at radius 3 is 3.06 bits per heavy atom. The van der Waals surface area contributed by atoms with Crippen LogP contribution in [-0.4, -0.2) is 15.4 Å². The maximum atomic E-state index is 10.9. The summed E-state index contributed by atoms with van der Waals surface area (Å²) in [6.45, 7) is 0. The largest absolute Gasteiger partial charge is 0.481 e. The van der Waals surface area contributed by atoms with E-state index in [9.17, 15) is 4.79 Å². The predicted octanol–water partition coefficient (Wildman–Crippen LogP) is 3.26. The minimum absolute atomic E-state index is 0.178. The summed E-state index contributed by atoms with van der Waals surface area (Å²) in [5.41, 5.74) is 1.16. The molecule has 0 bridgehead atoms. The van der Waals surface area contributed by atoms with Gasteiger partial charge in [0.05, 0.1) is 11.1 Å². The minimum atomic E-state index is -0.703. The maximum absolute atomic E-state index is 10.9. The minimum Gasteiger partial charge on any atom is -0.481 e. The standard InChI is InChI=1S/C13H13NO2S/c15-13(16)6-11(8-1-2-8)9-3-4-12-10(5-9)7-14-17-12/h3-5,7-8,11H,1-2,6H2,(H,15,16). The highest BCUT2D eigenvalue weighted by Crippen LogP contribution is 2.45. The summed E-state index contributed by atoms with van der Waals surface area (Å²) in [4.78, 5) is 10.9. The van der Waals surface area contributed by atoms with Crippen molar-refractivity contribution < 1.29 is 9.90 Å². The summed E-state index contributed by atoms with van der Waals surface area (Å²) >= 11 is 1.48. The van der Waals surface area contributed by atoms with Crippen molar-refractivity contribution in [2.45, 2.75) is 25.2 Å². The van der Waals surface area contributed by atoms with Gasteiger partial charge < -0.3 is 5.11 Å². The van der Waals surface area contributed by atoms with Crippen LogP contribution in [0.25, 0.3) is 10.1 Å². The fourth-order valence-electron chi connectivity index (χ4n) is 2.36. The average molecular weight is 247 g/mol. The van der Waals surface area contributed by atoms with Crippen LogP contribution in [0.1, 0.15) is 30.7 Å². The number of carbonyl (C=O) groups is 1. The topological polar surface area (TPSA) is 50.2 Å². The first kappa shape index (κ1) is 10.7. The normalized spacial score (nSPS) is 17.2. The van der Waals surface area contributed by atoms with Gasteiger partial charge in [-0.15, -0.1) is 0 Å². The van der Waals surface area contributed by atoms with Gasteiger partial charge in [-0.1, -0.05) is 6.07 Å². The number of carboxylic acids is 1. The molecule has 0 radical (unpaired) electrons. The van der Waals surface area contributed by atoms with Gasteiger partial charge >= 0.3 is 5.97 Å². The molecule has 2 aromatic rings. The van der Waals surface area contributed by atoms with Crippen LogP contribution in [0.15, 0.2) is 24.4 Å². The van der Waals surface area contributed by atoms with Gasteiger partial charge in [-0.2, -0.15) is 4.37 Å². The van der Waals surface area contributed by atoms with Crippen molar-refractivity contribution >= 4 is 27.6 Å². The van der Waals surface area contributed by atoms with Crippen molar-refractivity contribution in [2.75, 3.05) is 0 Å². The molecule has 1 unspecified atom stereocenters. The third-order valence-electron chi connectivity index (χ3n) is 3.39. The van der Waals surface area contributed by atoms with E-state index in [1.807, 2.05) is 6.20 Å². The summed E-state index contributed by atoms with van der Waals surface area (Å²) in [5, 5.41) is 10.1. The van der Waals surface area contributed by atoms with Gasteiger partial charge in [0, 0.05) is 11.6 Å². The lowest BCUT2D eigenvalue weighted by atomic mass is 9.90. The Bertz CT molecular complexity index is 559. The van der Waals surface area contributed by atoms with Crippen molar-refractivity contribution in [3.63, 3.8) is 0 Å². The lowest BCUT2D eigenvalue weighted by molar-refractivity contribution is -0.137. The number of hydrogen-bond donors (Lipinski definition) is 1. The van der Waals surface area contributed by atoms with Crippen LogP contribution in [0.5, 0.6) is 0 Å². The van der Waals surface area contributed by atoms with Crippen molar-refractivity contribution in [3.05, 3.63) is 30.0 Å². The van der Waals surface area contributed by atoms with Crippen molar-refractivity contribution in [1.29, 1.82) is 0 Å². The van der Waals surface area contributed by atoms with E-state index in [4.69, 9.17) is 5.11 Å². The molecule has 17 heavy (non-hydrogen) atoms. The van der Waals surface area contributed by atoms with Gasteiger partial charge in [0.15, 0.2) is 0 Å². The molecule has 1 heterocycles. The molecule has 1 aliphatic rings. The van der Waals surface area contributed by atoms with Crippen LogP contribution >= 0.6 is 11.5 Å². The second kappa shape index (κ2) is 4.11. The van der Waals surface area contributed by atoms with Gasteiger partial charge in [-0.3, -0.25) is 4.79 Å². The van der Waals surface area contributed by atoms with Gasteiger partial charge in [0.1, 0.15) is 0 Å². The summed E-state index contributed by atoms with van der Waals surface area (Å²) in [5.74, 6) is 0.0392. The highest BCUT2D eigenvalue weighted by atomic mass is 32.1.